The molecule has 1 aromatic carbocycles. The second-order valence-corrected chi connectivity index (χ2v) is 5.14. The number of benzene rings is 1. The Hall–Kier alpha value is -0.820. The monoisotopic (exact) mass is 217 g/mol. The largest absolute Gasteiger partial charge is 0.313 e. The molecule has 1 heteroatoms. The summed E-state index contributed by atoms with van der Waals surface area (Å²) in [6.07, 6.45) is 3.81. The van der Waals surface area contributed by atoms with Gasteiger partial charge in [-0.05, 0) is 42.9 Å². The van der Waals surface area contributed by atoms with Crippen molar-refractivity contribution in [3.05, 3.63) is 35.4 Å². The lowest BCUT2D eigenvalue weighted by Crippen LogP contribution is -2.19. The number of hydrogen-bond acceptors (Lipinski definition) is 1. The quantitative estimate of drug-likeness (QED) is 0.795. The van der Waals surface area contributed by atoms with Crippen LogP contribution in [0.5, 0.6) is 0 Å². The Morgan fingerprint density at radius 3 is 2.75 bits per heavy atom. The van der Waals surface area contributed by atoms with Gasteiger partial charge in [-0.3, -0.25) is 0 Å². The van der Waals surface area contributed by atoms with E-state index in [1.165, 1.54) is 30.4 Å². The van der Waals surface area contributed by atoms with Crippen LogP contribution in [0.2, 0.25) is 0 Å². The number of rotatable bonds is 5. The summed E-state index contributed by atoms with van der Waals surface area (Å²) in [4.78, 5) is 0. The molecule has 3 unspecified atom stereocenters. The maximum absolute atomic E-state index is 3.48. The van der Waals surface area contributed by atoms with Gasteiger partial charge in [-0.2, -0.15) is 0 Å². The molecule has 0 spiro atoms. The first-order valence-electron chi connectivity index (χ1n) is 6.52. The number of nitrogens with one attached hydrogen (secondary N) is 1. The van der Waals surface area contributed by atoms with Gasteiger partial charge in [0.2, 0.25) is 0 Å². The molecule has 3 atom stereocenters. The van der Waals surface area contributed by atoms with Crippen molar-refractivity contribution in [1.82, 2.24) is 5.32 Å². The highest BCUT2D eigenvalue weighted by Crippen LogP contribution is 2.46. The second kappa shape index (κ2) is 5.01. The zero-order valence-electron chi connectivity index (χ0n) is 10.7. The summed E-state index contributed by atoms with van der Waals surface area (Å²) in [5, 5.41) is 3.48. The van der Waals surface area contributed by atoms with Crippen LogP contribution in [-0.4, -0.2) is 7.05 Å². The zero-order chi connectivity index (χ0) is 11.5. The Balaban J connectivity index is 2.14. The molecule has 0 aromatic heterocycles. The first-order valence-corrected chi connectivity index (χ1v) is 6.52. The number of aryl methyl sites for hydroxylation is 1. The fourth-order valence-electron chi connectivity index (χ4n) is 2.67. The lowest BCUT2D eigenvalue weighted by molar-refractivity contribution is 0.503. The summed E-state index contributed by atoms with van der Waals surface area (Å²) in [6.45, 7) is 4.59. The Labute approximate surface area is 99.3 Å². The Morgan fingerprint density at radius 2 is 2.19 bits per heavy atom. The highest BCUT2D eigenvalue weighted by Gasteiger charge is 2.39. The summed E-state index contributed by atoms with van der Waals surface area (Å²) in [5.41, 5.74) is 2.95. The van der Waals surface area contributed by atoms with E-state index in [-0.39, 0.29) is 0 Å². The Morgan fingerprint density at radius 1 is 1.44 bits per heavy atom. The second-order valence-electron chi connectivity index (χ2n) is 5.14. The molecule has 0 radical (unpaired) electrons. The predicted octanol–water partition coefficient (Wildman–Crippen LogP) is 3.56. The average molecular weight is 217 g/mol. The van der Waals surface area contributed by atoms with E-state index in [1.807, 2.05) is 0 Å². The van der Waals surface area contributed by atoms with E-state index >= 15 is 0 Å². The third-order valence-corrected chi connectivity index (χ3v) is 3.76. The molecule has 16 heavy (non-hydrogen) atoms. The summed E-state index contributed by atoms with van der Waals surface area (Å²) in [7, 11) is 2.09. The zero-order valence-corrected chi connectivity index (χ0v) is 10.7. The van der Waals surface area contributed by atoms with Crippen LogP contribution >= 0.6 is 0 Å². The molecule has 0 saturated heterocycles. The topological polar surface area (TPSA) is 12.0 Å². The first-order chi connectivity index (χ1) is 7.76. The normalized spacial score (nSPS) is 25.4. The minimum atomic E-state index is 0.562. The molecule has 1 aromatic rings. The van der Waals surface area contributed by atoms with Crippen molar-refractivity contribution in [2.45, 2.75) is 39.2 Å². The van der Waals surface area contributed by atoms with Crippen molar-refractivity contribution in [3.63, 3.8) is 0 Å². The van der Waals surface area contributed by atoms with Crippen molar-refractivity contribution < 1.29 is 0 Å². The standard InChI is InChI=1S/C15H23N/c1-4-6-12-7-5-8-13(10-12)15(16-3)14-9-11(14)2/h5,7-8,10-11,14-16H,4,6,9H2,1-3H3. The molecule has 1 fully saturated rings. The minimum Gasteiger partial charge on any atom is -0.313 e. The summed E-state index contributed by atoms with van der Waals surface area (Å²) >= 11 is 0. The van der Waals surface area contributed by atoms with Crippen LogP contribution in [0.4, 0.5) is 0 Å². The third kappa shape index (κ3) is 2.46. The van der Waals surface area contributed by atoms with Crippen LogP contribution in [0.25, 0.3) is 0 Å². The molecular weight excluding hydrogens is 194 g/mol. The Kier molecular flexibility index (Phi) is 3.65. The molecule has 0 aliphatic heterocycles. The van der Waals surface area contributed by atoms with E-state index in [1.54, 1.807) is 0 Å². The fraction of sp³-hybridized carbons (Fsp3) is 0.600. The van der Waals surface area contributed by atoms with Gasteiger partial charge in [-0.25, -0.2) is 0 Å². The summed E-state index contributed by atoms with van der Waals surface area (Å²) in [6, 6.07) is 9.67. The summed E-state index contributed by atoms with van der Waals surface area (Å²) < 4.78 is 0. The van der Waals surface area contributed by atoms with Gasteiger partial charge >= 0.3 is 0 Å². The van der Waals surface area contributed by atoms with Crippen molar-refractivity contribution in [1.29, 1.82) is 0 Å². The van der Waals surface area contributed by atoms with Crippen molar-refractivity contribution in [2.75, 3.05) is 7.05 Å². The van der Waals surface area contributed by atoms with Gasteiger partial charge in [-0.15, -0.1) is 0 Å². The molecule has 1 N–H and O–H groups in total. The van der Waals surface area contributed by atoms with Crippen LogP contribution < -0.4 is 5.32 Å². The van der Waals surface area contributed by atoms with Gasteiger partial charge in [0.15, 0.2) is 0 Å². The fourth-order valence-corrected chi connectivity index (χ4v) is 2.67. The highest BCUT2D eigenvalue weighted by molar-refractivity contribution is 5.27. The summed E-state index contributed by atoms with van der Waals surface area (Å²) in [5.74, 6) is 1.74. The van der Waals surface area contributed by atoms with Crippen molar-refractivity contribution in [2.24, 2.45) is 11.8 Å². The van der Waals surface area contributed by atoms with Crippen molar-refractivity contribution in [3.8, 4) is 0 Å². The lowest BCUT2D eigenvalue weighted by atomic mass is 9.98. The molecule has 0 bridgehead atoms. The minimum absolute atomic E-state index is 0.562. The molecule has 1 nitrogen and oxygen atoms in total. The molecule has 0 heterocycles. The van der Waals surface area contributed by atoms with Gasteiger partial charge < -0.3 is 5.32 Å². The molecule has 88 valence electrons. The van der Waals surface area contributed by atoms with Crippen LogP contribution in [-0.2, 0) is 6.42 Å². The van der Waals surface area contributed by atoms with Gasteiger partial charge in [0.25, 0.3) is 0 Å². The van der Waals surface area contributed by atoms with Crippen LogP contribution in [0.15, 0.2) is 24.3 Å². The van der Waals surface area contributed by atoms with E-state index in [0.717, 1.165) is 11.8 Å². The maximum atomic E-state index is 3.48. The van der Waals surface area contributed by atoms with Gasteiger partial charge in [0.05, 0.1) is 0 Å². The van der Waals surface area contributed by atoms with E-state index in [4.69, 9.17) is 0 Å². The SMILES string of the molecule is CCCc1cccc(C(NC)C2CC2C)c1. The van der Waals surface area contributed by atoms with Crippen LogP contribution in [0.1, 0.15) is 43.9 Å². The molecule has 1 aliphatic rings. The van der Waals surface area contributed by atoms with Crippen molar-refractivity contribution >= 4 is 0 Å². The molecule has 2 rings (SSSR count). The average Bonchev–Trinajstić information content (AvgIpc) is 2.98. The molecule has 1 aliphatic carbocycles. The molecular formula is C15H23N. The maximum Gasteiger partial charge on any atom is 0.0348 e. The smallest absolute Gasteiger partial charge is 0.0348 e. The first kappa shape index (κ1) is 11.7. The lowest BCUT2D eigenvalue weighted by Gasteiger charge is -2.17. The number of hydrogen-bond donors (Lipinski definition) is 1. The van der Waals surface area contributed by atoms with E-state index in [9.17, 15) is 0 Å². The predicted molar refractivity (Wildman–Crippen MR) is 69.5 cm³/mol. The molecule has 0 amide bonds. The van der Waals surface area contributed by atoms with Crippen LogP contribution in [0.3, 0.4) is 0 Å². The van der Waals surface area contributed by atoms with Gasteiger partial charge in [0.1, 0.15) is 0 Å². The van der Waals surface area contributed by atoms with Gasteiger partial charge in [-0.1, -0.05) is 44.5 Å². The highest BCUT2D eigenvalue weighted by atomic mass is 14.9. The molecule has 1 saturated carbocycles. The Bertz CT molecular complexity index is 345. The van der Waals surface area contributed by atoms with Gasteiger partial charge in [0, 0.05) is 6.04 Å². The van der Waals surface area contributed by atoms with E-state index in [2.05, 4.69) is 50.5 Å². The van der Waals surface area contributed by atoms with Crippen LogP contribution in [0, 0.1) is 11.8 Å². The third-order valence-electron chi connectivity index (χ3n) is 3.76. The van der Waals surface area contributed by atoms with E-state index < -0.39 is 0 Å². The van der Waals surface area contributed by atoms with E-state index in [0.29, 0.717) is 6.04 Å².